The molecule has 0 spiro atoms. The van der Waals surface area contributed by atoms with E-state index >= 15 is 0 Å². The van der Waals surface area contributed by atoms with Crippen LogP contribution in [-0.2, 0) is 18.9 Å². The third-order valence-corrected chi connectivity index (χ3v) is 8.49. The molecule has 0 unspecified atom stereocenters. The Balaban J connectivity index is 0.000000170. The van der Waals surface area contributed by atoms with Crippen molar-refractivity contribution in [2.24, 2.45) is 0 Å². The maximum absolute atomic E-state index is 5.37. The standard InChI is InChI=1S/2C12H13.C2H4.2ClH.Zr/c2*1-9(2)12-7-10-5-3-4-6-11(10)8-12;1-2;;;/h2*3-9H,1-2H3;1H,2H3;2*1H;/q2*-1;;;;+2/p-2. The van der Waals surface area contributed by atoms with E-state index in [4.69, 9.17) is 17.0 Å². The topological polar surface area (TPSA) is 0 Å². The predicted molar refractivity (Wildman–Crippen MR) is 131 cm³/mol. The average molecular weight is 505 g/mol. The van der Waals surface area contributed by atoms with Crippen LogP contribution in [0.3, 0.4) is 0 Å². The van der Waals surface area contributed by atoms with E-state index in [0.717, 1.165) is 0 Å². The molecule has 0 fully saturated rings. The Morgan fingerprint density at radius 1 is 0.724 bits per heavy atom. The zero-order chi connectivity index (χ0) is 21.4. The molecule has 0 aromatic heterocycles. The fourth-order valence-corrected chi connectivity index (χ4v) is 3.02. The van der Waals surface area contributed by atoms with Crippen LogP contribution in [0.4, 0.5) is 0 Å². The van der Waals surface area contributed by atoms with Gasteiger partial charge in [0.05, 0.1) is 0 Å². The van der Waals surface area contributed by atoms with E-state index < -0.39 is 18.9 Å². The van der Waals surface area contributed by atoms with Crippen molar-refractivity contribution in [3.8, 4) is 0 Å². The molecule has 4 aromatic carbocycles. The summed E-state index contributed by atoms with van der Waals surface area (Å²) < 4.78 is 1.89. The molecule has 29 heavy (non-hydrogen) atoms. The Bertz CT molecular complexity index is 903. The summed E-state index contributed by atoms with van der Waals surface area (Å²) in [7, 11) is 10.7. The second-order valence-corrected chi connectivity index (χ2v) is 16.5. The van der Waals surface area contributed by atoms with Crippen LogP contribution < -0.4 is 0 Å². The van der Waals surface area contributed by atoms with E-state index in [9.17, 15) is 0 Å². The van der Waals surface area contributed by atoms with E-state index in [1.54, 1.807) is 0 Å². The Morgan fingerprint density at radius 3 is 1.34 bits per heavy atom. The van der Waals surface area contributed by atoms with Gasteiger partial charge >= 0.3 is 46.5 Å². The van der Waals surface area contributed by atoms with Gasteiger partial charge in [0, 0.05) is 0 Å². The number of halogens is 2. The summed E-state index contributed by atoms with van der Waals surface area (Å²) >= 11 is -1.76. The number of hydrogen-bond acceptors (Lipinski definition) is 0. The molecule has 0 bridgehead atoms. The molecule has 0 aliphatic heterocycles. The molecule has 0 heterocycles. The minimum absolute atomic E-state index is 0.636. The van der Waals surface area contributed by atoms with Gasteiger partial charge in [-0.25, -0.2) is 0 Å². The SMILES string of the molecule is CC(C)c1cc2ccccc2[cH-]1.CC(C)c1cc2ccccc2[cH-]1.C[CH]=[Zr]([Cl])[Cl]. The number of fused-ring (bicyclic) bond motifs is 2. The van der Waals surface area contributed by atoms with Crippen molar-refractivity contribution in [1.82, 2.24) is 0 Å². The van der Waals surface area contributed by atoms with E-state index in [1.165, 1.54) is 32.7 Å². The van der Waals surface area contributed by atoms with Gasteiger partial charge in [0.15, 0.2) is 0 Å². The molecule has 0 aliphatic rings. The molecule has 0 nitrogen and oxygen atoms in total. The van der Waals surface area contributed by atoms with E-state index in [0.29, 0.717) is 11.8 Å². The fourth-order valence-electron chi connectivity index (χ4n) is 3.02. The van der Waals surface area contributed by atoms with Gasteiger partial charge in [-0.15, -0.1) is 81.2 Å². The first-order valence-corrected chi connectivity index (χ1v) is 17.8. The molecular weight excluding hydrogens is 474 g/mol. The molecule has 0 radical (unpaired) electrons. The summed E-state index contributed by atoms with van der Waals surface area (Å²) in [5.41, 5.74) is 2.88. The minimum atomic E-state index is -1.76. The molecule has 0 amide bonds. The van der Waals surface area contributed by atoms with Crippen LogP contribution in [0, 0.1) is 0 Å². The molecule has 0 aliphatic carbocycles. The second kappa shape index (κ2) is 12.0. The second-order valence-electron chi connectivity index (χ2n) is 7.72. The summed E-state index contributed by atoms with van der Waals surface area (Å²) in [4.78, 5) is 0. The molecule has 0 atom stereocenters. The first-order chi connectivity index (χ1) is 13.8. The molecule has 154 valence electrons. The van der Waals surface area contributed by atoms with Crippen molar-refractivity contribution in [3.05, 3.63) is 83.9 Å². The Morgan fingerprint density at radius 2 is 1.07 bits per heavy atom. The summed E-state index contributed by atoms with van der Waals surface area (Å²) in [5, 5.41) is 5.45. The average Bonchev–Trinajstić information content (AvgIpc) is 3.33. The Labute approximate surface area is 190 Å². The third-order valence-electron chi connectivity index (χ3n) is 4.83. The molecule has 0 saturated carbocycles. The van der Waals surface area contributed by atoms with Crippen LogP contribution in [0.1, 0.15) is 57.6 Å². The van der Waals surface area contributed by atoms with E-state index in [2.05, 4.69) is 100 Å². The van der Waals surface area contributed by atoms with Crippen LogP contribution in [0.2, 0.25) is 0 Å². The predicted octanol–water partition coefficient (Wildman–Crippen LogP) is 9.10. The fraction of sp³-hybridized carbons (Fsp3) is 0.269. The van der Waals surface area contributed by atoms with Gasteiger partial charge in [-0.1, -0.05) is 39.8 Å². The van der Waals surface area contributed by atoms with E-state index in [1.807, 2.05) is 10.6 Å². The zero-order valence-electron chi connectivity index (χ0n) is 17.9. The van der Waals surface area contributed by atoms with Gasteiger partial charge in [-0.2, -0.15) is 12.1 Å². The number of hydrogen-bond donors (Lipinski definition) is 0. The first kappa shape index (κ1) is 24.3. The molecule has 4 rings (SSSR count). The quantitative estimate of drug-likeness (QED) is 0.239. The van der Waals surface area contributed by atoms with Crippen LogP contribution in [0.15, 0.2) is 72.8 Å². The Hall–Kier alpha value is -1.01. The van der Waals surface area contributed by atoms with Crippen LogP contribution in [-0.4, -0.2) is 3.71 Å². The van der Waals surface area contributed by atoms with Crippen molar-refractivity contribution in [1.29, 1.82) is 0 Å². The summed E-state index contributed by atoms with van der Waals surface area (Å²) in [5.74, 6) is 1.27. The third kappa shape index (κ3) is 7.64. The van der Waals surface area contributed by atoms with Gasteiger partial charge in [-0.3, -0.25) is 0 Å². The summed E-state index contributed by atoms with van der Waals surface area (Å²) in [6, 6.07) is 26.1. The molecule has 3 heteroatoms. The number of benzene rings is 2. The molecule has 0 saturated heterocycles. The zero-order valence-corrected chi connectivity index (χ0v) is 21.9. The maximum atomic E-state index is 5.37. The van der Waals surface area contributed by atoms with Crippen molar-refractivity contribution >= 4 is 42.3 Å². The van der Waals surface area contributed by atoms with Crippen LogP contribution >= 0.6 is 17.0 Å². The monoisotopic (exact) mass is 502 g/mol. The van der Waals surface area contributed by atoms with Gasteiger partial charge in [-0.05, 0) is 11.8 Å². The van der Waals surface area contributed by atoms with Crippen molar-refractivity contribution in [2.75, 3.05) is 0 Å². The van der Waals surface area contributed by atoms with Gasteiger partial charge < -0.3 is 0 Å². The van der Waals surface area contributed by atoms with E-state index in [-0.39, 0.29) is 0 Å². The number of rotatable bonds is 2. The molecular formula is C26H30Cl2Zr-2. The summed E-state index contributed by atoms with van der Waals surface area (Å²) in [6.07, 6.45) is 0. The summed E-state index contributed by atoms with van der Waals surface area (Å²) in [6.45, 7) is 10.8. The first-order valence-electron chi connectivity index (χ1n) is 10.1. The normalized spacial score (nSPS) is 10.5. The van der Waals surface area contributed by atoms with Gasteiger partial charge in [0.25, 0.3) is 0 Å². The van der Waals surface area contributed by atoms with Gasteiger partial charge in [0.1, 0.15) is 0 Å². The van der Waals surface area contributed by atoms with Crippen LogP contribution in [0.25, 0.3) is 21.5 Å². The molecule has 4 aromatic rings. The van der Waals surface area contributed by atoms with Crippen molar-refractivity contribution in [3.63, 3.8) is 0 Å². The Kier molecular flexibility index (Phi) is 10.0. The van der Waals surface area contributed by atoms with Crippen molar-refractivity contribution < 1.29 is 18.9 Å². The van der Waals surface area contributed by atoms with Gasteiger partial charge in [0.2, 0.25) is 0 Å². The van der Waals surface area contributed by atoms with Crippen molar-refractivity contribution in [2.45, 2.75) is 46.5 Å². The van der Waals surface area contributed by atoms with Crippen LogP contribution in [0.5, 0.6) is 0 Å². The molecule has 0 N–H and O–H groups in total.